The molecule has 0 aliphatic rings. The second kappa shape index (κ2) is 5.81. The SMILES string of the molecule is Cn1c(N(C(=O)O)c2ccc(C(C)(C)C)cc2)nc2cc(N)ccc21. The molecule has 0 saturated carbocycles. The largest absolute Gasteiger partial charge is 0.464 e. The Bertz CT molecular complexity index is 936. The number of nitrogens with zero attached hydrogens (tertiary/aromatic N) is 3. The third-order valence-electron chi connectivity index (χ3n) is 4.26. The Labute approximate surface area is 146 Å². The van der Waals surface area contributed by atoms with Gasteiger partial charge < -0.3 is 15.4 Å². The molecular formula is C19H22N4O2. The van der Waals surface area contributed by atoms with E-state index in [1.807, 2.05) is 30.3 Å². The zero-order valence-corrected chi connectivity index (χ0v) is 14.8. The van der Waals surface area contributed by atoms with Gasteiger partial charge in [-0.05, 0) is 41.3 Å². The minimum Gasteiger partial charge on any atom is -0.464 e. The Morgan fingerprint density at radius 2 is 1.80 bits per heavy atom. The summed E-state index contributed by atoms with van der Waals surface area (Å²) in [5.41, 5.74) is 9.57. The Morgan fingerprint density at radius 3 is 2.36 bits per heavy atom. The molecule has 6 heteroatoms. The highest BCUT2D eigenvalue weighted by Crippen LogP contribution is 2.31. The van der Waals surface area contributed by atoms with E-state index < -0.39 is 6.09 Å². The minimum atomic E-state index is -1.09. The normalized spacial score (nSPS) is 11.7. The van der Waals surface area contributed by atoms with E-state index in [-0.39, 0.29) is 5.41 Å². The van der Waals surface area contributed by atoms with Gasteiger partial charge in [-0.25, -0.2) is 14.7 Å². The third-order valence-corrected chi connectivity index (χ3v) is 4.26. The molecule has 6 nitrogen and oxygen atoms in total. The summed E-state index contributed by atoms with van der Waals surface area (Å²) in [6.45, 7) is 6.35. The van der Waals surface area contributed by atoms with E-state index in [9.17, 15) is 9.90 Å². The highest BCUT2D eigenvalue weighted by Gasteiger charge is 2.24. The highest BCUT2D eigenvalue weighted by atomic mass is 16.4. The first-order chi connectivity index (χ1) is 11.7. The summed E-state index contributed by atoms with van der Waals surface area (Å²) in [6, 6.07) is 12.9. The number of anilines is 3. The number of amides is 1. The van der Waals surface area contributed by atoms with Crippen molar-refractivity contribution in [3.8, 4) is 0 Å². The number of rotatable bonds is 2. The lowest BCUT2D eigenvalue weighted by Crippen LogP contribution is -2.26. The van der Waals surface area contributed by atoms with Gasteiger partial charge in [-0.3, -0.25) is 0 Å². The van der Waals surface area contributed by atoms with Gasteiger partial charge in [-0.15, -0.1) is 0 Å². The summed E-state index contributed by atoms with van der Waals surface area (Å²) in [5, 5.41) is 9.76. The smallest absolute Gasteiger partial charge is 0.418 e. The zero-order valence-electron chi connectivity index (χ0n) is 14.8. The summed E-state index contributed by atoms with van der Waals surface area (Å²) >= 11 is 0. The van der Waals surface area contributed by atoms with E-state index in [2.05, 4.69) is 25.8 Å². The molecule has 0 unspecified atom stereocenters. The molecule has 130 valence electrons. The number of hydrogen-bond donors (Lipinski definition) is 2. The van der Waals surface area contributed by atoms with Crippen molar-refractivity contribution in [1.29, 1.82) is 0 Å². The maximum atomic E-state index is 11.9. The van der Waals surface area contributed by atoms with Crippen LogP contribution in [0.15, 0.2) is 42.5 Å². The fraction of sp³-hybridized carbons (Fsp3) is 0.263. The van der Waals surface area contributed by atoms with Crippen molar-refractivity contribution in [3.05, 3.63) is 48.0 Å². The fourth-order valence-electron chi connectivity index (χ4n) is 2.83. The molecule has 3 N–H and O–H groups in total. The number of aromatic nitrogens is 2. The number of fused-ring (bicyclic) bond motifs is 1. The van der Waals surface area contributed by atoms with Crippen LogP contribution in [0.5, 0.6) is 0 Å². The fourth-order valence-corrected chi connectivity index (χ4v) is 2.83. The molecule has 0 aliphatic heterocycles. The van der Waals surface area contributed by atoms with E-state index in [0.717, 1.165) is 11.1 Å². The Balaban J connectivity index is 2.11. The van der Waals surface area contributed by atoms with Gasteiger partial charge in [0.15, 0.2) is 0 Å². The highest BCUT2D eigenvalue weighted by molar-refractivity contribution is 5.95. The van der Waals surface area contributed by atoms with Crippen molar-refractivity contribution in [1.82, 2.24) is 9.55 Å². The van der Waals surface area contributed by atoms with Gasteiger partial charge in [0.25, 0.3) is 0 Å². The number of benzene rings is 2. The zero-order chi connectivity index (χ0) is 18.4. The van der Waals surface area contributed by atoms with Crippen LogP contribution in [0.4, 0.5) is 22.1 Å². The van der Waals surface area contributed by atoms with E-state index in [4.69, 9.17) is 5.73 Å². The lowest BCUT2D eigenvalue weighted by Gasteiger charge is -2.22. The predicted molar refractivity (Wildman–Crippen MR) is 100 cm³/mol. The molecule has 0 spiro atoms. The molecular weight excluding hydrogens is 316 g/mol. The molecule has 1 heterocycles. The van der Waals surface area contributed by atoms with Crippen LogP contribution in [0, 0.1) is 0 Å². The first-order valence-electron chi connectivity index (χ1n) is 8.04. The maximum Gasteiger partial charge on any atom is 0.418 e. The van der Waals surface area contributed by atoms with Crippen molar-refractivity contribution in [2.24, 2.45) is 7.05 Å². The molecule has 0 fully saturated rings. The van der Waals surface area contributed by atoms with Crippen LogP contribution >= 0.6 is 0 Å². The third kappa shape index (κ3) is 3.03. The minimum absolute atomic E-state index is 0.00200. The van der Waals surface area contributed by atoms with Crippen molar-refractivity contribution >= 4 is 34.4 Å². The van der Waals surface area contributed by atoms with Crippen LogP contribution in [-0.2, 0) is 12.5 Å². The number of nitrogen functional groups attached to an aromatic ring is 1. The lowest BCUT2D eigenvalue weighted by atomic mass is 9.87. The van der Waals surface area contributed by atoms with Crippen molar-refractivity contribution in [2.75, 3.05) is 10.6 Å². The molecule has 0 atom stereocenters. The van der Waals surface area contributed by atoms with Crippen LogP contribution in [0.2, 0.25) is 0 Å². The molecule has 2 aromatic carbocycles. The van der Waals surface area contributed by atoms with Crippen LogP contribution in [-0.4, -0.2) is 20.8 Å². The monoisotopic (exact) mass is 338 g/mol. The predicted octanol–water partition coefficient (Wildman–Crippen LogP) is 4.27. The van der Waals surface area contributed by atoms with E-state index >= 15 is 0 Å². The quantitative estimate of drug-likeness (QED) is 0.683. The lowest BCUT2D eigenvalue weighted by molar-refractivity contribution is 0.204. The average molecular weight is 338 g/mol. The second-order valence-corrected chi connectivity index (χ2v) is 7.13. The van der Waals surface area contributed by atoms with Gasteiger partial charge in [0.2, 0.25) is 5.95 Å². The summed E-state index contributed by atoms with van der Waals surface area (Å²) in [4.78, 5) is 17.6. The number of aryl methyl sites for hydroxylation is 1. The van der Waals surface area contributed by atoms with E-state index in [0.29, 0.717) is 22.8 Å². The first kappa shape index (κ1) is 16.8. The van der Waals surface area contributed by atoms with Crippen molar-refractivity contribution < 1.29 is 9.90 Å². The van der Waals surface area contributed by atoms with Crippen molar-refractivity contribution in [3.63, 3.8) is 0 Å². The standard InChI is InChI=1S/C19H22N4O2/c1-19(2,3)12-5-8-14(9-6-12)23(18(24)25)17-21-15-11-13(20)7-10-16(15)22(17)4/h5-11H,20H2,1-4H3,(H,24,25). The Hall–Kier alpha value is -3.02. The van der Waals surface area contributed by atoms with Gasteiger partial charge in [0.05, 0.1) is 16.7 Å². The van der Waals surface area contributed by atoms with Crippen LogP contribution < -0.4 is 10.6 Å². The second-order valence-electron chi connectivity index (χ2n) is 7.13. The topological polar surface area (TPSA) is 84.4 Å². The molecule has 1 aromatic heterocycles. The van der Waals surface area contributed by atoms with Gasteiger partial charge >= 0.3 is 6.09 Å². The van der Waals surface area contributed by atoms with E-state index in [1.54, 1.807) is 23.7 Å². The molecule has 1 amide bonds. The molecule has 0 bridgehead atoms. The van der Waals surface area contributed by atoms with Crippen LogP contribution in [0.1, 0.15) is 26.3 Å². The summed E-state index contributed by atoms with van der Waals surface area (Å²) in [7, 11) is 1.79. The van der Waals surface area contributed by atoms with Gasteiger partial charge in [-0.2, -0.15) is 0 Å². The average Bonchev–Trinajstić information content (AvgIpc) is 2.83. The Morgan fingerprint density at radius 1 is 1.16 bits per heavy atom. The molecule has 0 saturated heterocycles. The number of hydrogen-bond acceptors (Lipinski definition) is 3. The van der Waals surface area contributed by atoms with Crippen LogP contribution in [0.25, 0.3) is 11.0 Å². The first-order valence-corrected chi connectivity index (χ1v) is 8.04. The molecule has 0 radical (unpaired) electrons. The maximum absolute atomic E-state index is 11.9. The summed E-state index contributed by atoms with van der Waals surface area (Å²) in [5.74, 6) is 0.330. The number of carbonyl (C=O) groups is 1. The number of nitrogens with two attached hydrogens (primary N) is 1. The number of imidazole rings is 1. The van der Waals surface area contributed by atoms with Gasteiger partial charge in [-0.1, -0.05) is 32.9 Å². The molecule has 3 rings (SSSR count). The molecule has 0 aliphatic carbocycles. The molecule has 25 heavy (non-hydrogen) atoms. The van der Waals surface area contributed by atoms with Gasteiger partial charge in [0.1, 0.15) is 0 Å². The van der Waals surface area contributed by atoms with E-state index in [1.165, 1.54) is 4.90 Å². The Kier molecular flexibility index (Phi) is 3.91. The molecule has 3 aromatic rings. The summed E-state index contributed by atoms with van der Waals surface area (Å²) < 4.78 is 1.75. The summed E-state index contributed by atoms with van der Waals surface area (Å²) in [6.07, 6.45) is -1.09. The van der Waals surface area contributed by atoms with Crippen LogP contribution in [0.3, 0.4) is 0 Å². The van der Waals surface area contributed by atoms with Gasteiger partial charge in [0, 0.05) is 12.7 Å². The van der Waals surface area contributed by atoms with Crippen molar-refractivity contribution in [2.45, 2.75) is 26.2 Å². The number of carboxylic acid groups (broad SMARTS) is 1.